The highest BCUT2D eigenvalue weighted by Gasteiger charge is 2.19. The molecular weight excluding hydrogens is 304 g/mol. The molecule has 0 saturated carbocycles. The Morgan fingerprint density at radius 3 is 3.25 bits per heavy atom. The van der Waals surface area contributed by atoms with Crippen LogP contribution >= 0.6 is 0 Å². The first-order chi connectivity index (χ1) is 11.8. The zero-order valence-electron chi connectivity index (χ0n) is 13.6. The highest BCUT2D eigenvalue weighted by atomic mass is 16.5. The Labute approximate surface area is 140 Å². The van der Waals surface area contributed by atoms with Crippen molar-refractivity contribution in [1.82, 2.24) is 30.2 Å². The molecule has 3 aromatic rings. The van der Waals surface area contributed by atoms with E-state index in [9.17, 15) is 0 Å². The van der Waals surface area contributed by atoms with E-state index < -0.39 is 0 Å². The second-order valence-corrected chi connectivity index (χ2v) is 6.32. The predicted molar refractivity (Wildman–Crippen MR) is 88.0 cm³/mol. The van der Waals surface area contributed by atoms with Gasteiger partial charge < -0.3 is 14.4 Å². The summed E-state index contributed by atoms with van der Waals surface area (Å²) in [6.45, 7) is 4.55. The van der Waals surface area contributed by atoms with Crippen LogP contribution in [-0.4, -0.2) is 31.4 Å². The second kappa shape index (κ2) is 6.52. The van der Waals surface area contributed by atoms with Crippen molar-refractivity contribution in [3.63, 3.8) is 0 Å². The molecule has 0 bridgehead atoms. The van der Waals surface area contributed by atoms with Crippen molar-refractivity contribution in [3.05, 3.63) is 47.8 Å². The summed E-state index contributed by atoms with van der Waals surface area (Å²) in [4.78, 5) is 4.47. The van der Waals surface area contributed by atoms with Gasteiger partial charge in [0.25, 0.3) is 5.89 Å². The first kappa shape index (κ1) is 15.0. The molecule has 7 nitrogen and oxygen atoms in total. The number of aryl methyl sites for hydroxylation is 2. The van der Waals surface area contributed by atoms with Crippen molar-refractivity contribution in [2.45, 2.75) is 32.9 Å². The first-order valence-electron chi connectivity index (χ1n) is 8.25. The van der Waals surface area contributed by atoms with Gasteiger partial charge in [-0.05, 0) is 31.4 Å². The largest absolute Gasteiger partial charge is 0.334 e. The highest BCUT2D eigenvalue weighted by Crippen LogP contribution is 2.19. The van der Waals surface area contributed by atoms with Crippen molar-refractivity contribution in [2.75, 3.05) is 6.54 Å². The summed E-state index contributed by atoms with van der Waals surface area (Å²) in [6.07, 6.45) is 3.94. The minimum Gasteiger partial charge on any atom is -0.334 e. The van der Waals surface area contributed by atoms with Gasteiger partial charge in [-0.3, -0.25) is 0 Å². The molecule has 124 valence electrons. The van der Waals surface area contributed by atoms with E-state index in [1.165, 1.54) is 5.56 Å². The van der Waals surface area contributed by atoms with Crippen LogP contribution in [-0.2, 0) is 19.5 Å². The molecule has 1 N–H and O–H groups in total. The Morgan fingerprint density at radius 1 is 1.38 bits per heavy atom. The van der Waals surface area contributed by atoms with E-state index in [1.54, 1.807) is 0 Å². The molecule has 1 aromatic carbocycles. The van der Waals surface area contributed by atoms with E-state index in [-0.39, 0.29) is 0 Å². The average Bonchev–Trinajstić information content (AvgIpc) is 3.23. The third-order valence-electron chi connectivity index (χ3n) is 4.38. The summed E-state index contributed by atoms with van der Waals surface area (Å²) in [7, 11) is 0. The van der Waals surface area contributed by atoms with Crippen LogP contribution in [0.2, 0.25) is 0 Å². The van der Waals surface area contributed by atoms with Gasteiger partial charge in [-0.2, -0.15) is 4.98 Å². The van der Waals surface area contributed by atoms with Gasteiger partial charge in [-0.25, -0.2) is 0 Å². The molecule has 1 aliphatic rings. The van der Waals surface area contributed by atoms with Gasteiger partial charge in [0.2, 0.25) is 0 Å². The quantitative estimate of drug-likeness (QED) is 0.773. The molecule has 1 atom stereocenters. The molecule has 2 aromatic heterocycles. The molecule has 1 aliphatic heterocycles. The summed E-state index contributed by atoms with van der Waals surface area (Å²) < 4.78 is 7.50. The van der Waals surface area contributed by atoms with Crippen LogP contribution in [0.15, 0.2) is 35.1 Å². The fourth-order valence-electron chi connectivity index (χ4n) is 3.10. The summed E-state index contributed by atoms with van der Waals surface area (Å²) >= 11 is 0. The second-order valence-electron chi connectivity index (χ2n) is 6.32. The van der Waals surface area contributed by atoms with E-state index >= 15 is 0 Å². The molecule has 1 unspecified atom stereocenters. The Balaban J connectivity index is 1.31. The average molecular weight is 324 g/mol. The minimum atomic E-state index is 0.572. The molecular formula is C17H20N6O. The van der Waals surface area contributed by atoms with E-state index in [0.29, 0.717) is 24.2 Å². The molecule has 3 heterocycles. The lowest BCUT2D eigenvalue weighted by Gasteiger charge is -2.22. The van der Waals surface area contributed by atoms with E-state index in [4.69, 9.17) is 4.52 Å². The molecule has 0 aliphatic carbocycles. The summed E-state index contributed by atoms with van der Waals surface area (Å²) in [5.74, 6) is 2.93. The monoisotopic (exact) mass is 324 g/mol. The molecule has 0 fully saturated rings. The van der Waals surface area contributed by atoms with Crippen molar-refractivity contribution in [2.24, 2.45) is 5.92 Å². The maximum Gasteiger partial charge on any atom is 0.257 e. The van der Waals surface area contributed by atoms with Gasteiger partial charge in [0.05, 0.1) is 6.54 Å². The zero-order chi connectivity index (χ0) is 16.4. The number of nitrogens with zero attached hydrogens (tertiary/aromatic N) is 5. The van der Waals surface area contributed by atoms with Crippen molar-refractivity contribution in [3.8, 4) is 11.5 Å². The fraction of sp³-hybridized carbons (Fsp3) is 0.412. The molecule has 24 heavy (non-hydrogen) atoms. The van der Waals surface area contributed by atoms with E-state index in [2.05, 4.69) is 30.2 Å². The SMILES string of the molecule is Cc1cccc(-c2nc(CNCC3CCc4nncn4C3)no2)c1. The van der Waals surface area contributed by atoms with Crippen LogP contribution in [0.5, 0.6) is 0 Å². The van der Waals surface area contributed by atoms with Crippen molar-refractivity contribution < 1.29 is 4.52 Å². The van der Waals surface area contributed by atoms with Crippen LogP contribution in [0.1, 0.15) is 23.6 Å². The van der Waals surface area contributed by atoms with Gasteiger partial charge in [0.1, 0.15) is 12.2 Å². The van der Waals surface area contributed by atoms with Crippen molar-refractivity contribution in [1.29, 1.82) is 0 Å². The molecule has 0 saturated heterocycles. The van der Waals surface area contributed by atoms with Gasteiger partial charge in [-0.1, -0.05) is 22.9 Å². The lowest BCUT2D eigenvalue weighted by molar-refractivity contribution is 0.344. The molecule has 0 amide bonds. The Kier molecular flexibility index (Phi) is 4.08. The summed E-state index contributed by atoms with van der Waals surface area (Å²) in [5.41, 5.74) is 2.14. The van der Waals surface area contributed by atoms with Crippen molar-refractivity contribution >= 4 is 0 Å². The van der Waals surface area contributed by atoms with Crippen LogP contribution in [0.4, 0.5) is 0 Å². The lowest BCUT2D eigenvalue weighted by atomic mass is 9.99. The van der Waals surface area contributed by atoms with Gasteiger partial charge in [-0.15, -0.1) is 10.2 Å². The smallest absolute Gasteiger partial charge is 0.257 e. The maximum atomic E-state index is 5.36. The zero-order valence-corrected chi connectivity index (χ0v) is 13.6. The third kappa shape index (κ3) is 3.21. The Morgan fingerprint density at radius 2 is 2.33 bits per heavy atom. The number of hydrogen-bond acceptors (Lipinski definition) is 6. The Hall–Kier alpha value is -2.54. The number of rotatable bonds is 5. The van der Waals surface area contributed by atoms with Crippen LogP contribution in [0.25, 0.3) is 11.5 Å². The van der Waals surface area contributed by atoms with Crippen LogP contribution in [0.3, 0.4) is 0 Å². The predicted octanol–water partition coefficient (Wildman–Crippen LogP) is 1.99. The third-order valence-corrected chi connectivity index (χ3v) is 4.38. The Bertz CT molecular complexity index is 824. The van der Waals surface area contributed by atoms with Crippen LogP contribution < -0.4 is 5.32 Å². The number of hydrogen-bond donors (Lipinski definition) is 1. The lowest BCUT2D eigenvalue weighted by Crippen LogP contribution is -2.30. The number of nitrogens with one attached hydrogen (secondary N) is 1. The highest BCUT2D eigenvalue weighted by molar-refractivity contribution is 5.53. The maximum absolute atomic E-state index is 5.36. The number of aromatic nitrogens is 5. The van der Waals surface area contributed by atoms with E-state index in [0.717, 1.165) is 37.3 Å². The molecule has 0 radical (unpaired) electrons. The van der Waals surface area contributed by atoms with E-state index in [1.807, 2.05) is 37.5 Å². The number of benzene rings is 1. The van der Waals surface area contributed by atoms with Crippen LogP contribution in [0, 0.1) is 12.8 Å². The topological polar surface area (TPSA) is 81.7 Å². The summed E-state index contributed by atoms with van der Waals surface area (Å²) in [6, 6.07) is 8.07. The minimum absolute atomic E-state index is 0.572. The molecule has 4 rings (SSSR count). The first-order valence-corrected chi connectivity index (χ1v) is 8.25. The van der Waals surface area contributed by atoms with Gasteiger partial charge in [0.15, 0.2) is 5.82 Å². The number of fused-ring (bicyclic) bond motifs is 1. The van der Waals surface area contributed by atoms with Gasteiger partial charge >= 0.3 is 0 Å². The molecule has 0 spiro atoms. The van der Waals surface area contributed by atoms with Gasteiger partial charge in [0, 0.05) is 25.1 Å². The normalized spacial score (nSPS) is 17.0. The summed E-state index contributed by atoms with van der Waals surface area (Å²) in [5, 5.41) is 15.6. The standard InChI is InChI=1S/C17H20N6O/c1-12-3-2-4-14(7-12)17-20-15(22-24-17)9-18-8-13-5-6-16-21-19-11-23(16)10-13/h2-4,7,11,13,18H,5-6,8-10H2,1H3. The molecule has 7 heteroatoms. The fourth-order valence-corrected chi connectivity index (χ4v) is 3.10.